The van der Waals surface area contributed by atoms with Crippen molar-refractivity contribution in [1.29, 1.82) is 0 Å². The lowest BCUT2D eigenvalue weighted by Crippen LogP contribution is -2.38. The number of fused-ring (bicyclic) bond motifs is 1. The molecule has 0 bridgehead atoms. The third-order valence-corrected chi connectivity index (χ3v) is 6.67. The van der Waals surface area contributed by atoms with E-state index in [2.05, 4.69) is 22.6 Å². The molecule has 1 heterocycles. The number of hydrogen-bond donors (Lipinski definition) is 1. The van der Waals surface area contributed by atoms with Crippen LogP contribution in [0.3, 0.4) is 0 Å². The number of nitrogens with zero attached hydrogens (tertiary/aromatic N) is 1. The molecular weight excluding hydrogens is 454 g/mol. The smallest absolute Gasteiger partial charge is 0.343 e. The second-order valence-electron chi connectivity index (χ2n) is 8.15. The number of hydrogen-bond acceptors (Lipinski definition) is 8. The quantitative estimate of drug-likeness (QED) is 0.402. The van der Waals surface area contributed by atoms with Gasteiger partial charge in [-0.3, -0.25) is 4.90 Å². The highest BCUT2D eigenvalue weighted by molar-refractivity contribution is 7.99. The molecule has 1 N–H and O–H groups in total. The predicted molar refractivity (Wildman–Crippen MR) is 133 cm³/mol. The maximum Gasteiger partial charge on any atom is 0.343 e. The van der Waals surface area contributed by atoms with E-state index in [4.69, 9.17) is 14.2 Å². The second-order valence-corrected chi connectivity index (χ2v) is 9.25. The minimum Gasteiger partial charge on any atom is -0.492 e. The molecule has 8 heteroatoms. The van der Waals surface area contributed by atoms with E-state index in [9.17, 15) is 9.90 Å². The van der Waals surface area contributed by atoms with Crippen LogP contribution in [0.1, 0.15) is 25.3 Å². The van der Waals surface area contributed by atoms with Gasteiger partial charge in [0.2, 0.25) is 0 Å². The van der Waals surface area contributed by atoms with Gasteiger partial charge in [-0.2, -0.15) is 0 Å². The summed E-state index contributed by atoms with van der Waals surface area (Å²) in [5.74, 6) is 2.86. The second kappa shape index (κ2) is 14.1. The van der Waals surface area contributed by atoms with E-state index in [0.29, 0.717) is 25.4 Å². The van der Waals surface area contributed by atoms with Gasteiger partial charge < -0.3 is 24.1 Å². The van der Waals surface area contributed by atoms with Crippen molar-refractivity contribution in [3.63, 3.8) is 0 Å². The molecular formula is C26H35NO6S. The minimum absolute atomic E-state index is 0.125. The Hall–Kier alpha value is -2.42. The molecule has 0 aliphatic carbocycles. The summed E-state index contributed by atoms with van der Waals surface area (Å²) in [6.07, 6.45) is 2.70. The van der Waals surface area contributed by atoms with E-state index in [-0.39, 0.29) is 13.2 Å². The van der Waals surface area contributed by atoms with Gasteiger partial charge in [0, 0.05) is 13.1 Å². The summed E-state index contributed by atoms with van der Waals surface area (Å²) in [6, 6.07) is 13.3. The first-order chi connectivity index (χ1) is 16.6. The van der Waals surface area contributed by atoms with Gasteiger partial charge in [-0.05, 0) is 67.5 Å². The summed E-state index contributed by atoms with van der Waals surface area (Å²) in [4.78, 5) is 14.6. The van der Waals surface area contributed by atoms with Crippen molar-refractivity contribution in [3.05, 3.63) is 48.0 Å². The number of benzene rings is 2. The summed E-state index contributed by atoms with van der Waals surface area (Å²) < 4.78 is 21.8. The molecule has 0 saturated carbocycles. The molecule has 2 aromatic carbocycles. The third-order valence-electron chi connectivity index (χ3n) is 5.42. The first-order valence-corrected chi connectivity index (χ1v) is 12.8. The van der Waals surface area contributed by atoms with Gasteiger partial charge in [-0.1, -0.05) is 19.1 Å². The lowest BCUT2D eigenvalue weighted by molar-refractivity contribution is -0.142. The number of carbonyl (C=O) groups excluding carboxylic acids is 1. The standard InChI is InChI=1S/C26H35NO6S/c1-3-13-27(14-15-31-22-9-11-23(12-10-22)32-19-25(29)30-2)17-21(28)18-33-24-8-4-6-20-7-5-16-34-26(20)24/h4,6,8-12,21,28H,3,5,7,13-19H2,1-2H3. The van der Waals surface area contributed by atoms with E-state index in [1.807, 2.05) is 23.9 Å². The fourth-order valence-corrected chi connectivity index (χ4v) is 4.86. The largest absolute Gasteiger partial charge is 0.492 e. The summed E-state index contributed by atoms with van der Waals surface area (Å²) in [7, 11) is 1.32. The molecule has 0 amide bonds. The van der Waals surface area contributed by atoms with E-state index >= 15 is 0 Å². The highest BCUT2D eigenvalue weighted by Crippen LogP contribution is 2.37. The Morgan fingerprint density at radius 3 is 2.59 bits per heavy atom. The predicted octanol–water partition coefficient (Wildman–Crippen LogP) is 3.81. The molecule has 3 rings (SSSR count). The maximum atomic E-state index is 11.2. The van der Waals surface area contributed by atoms with Crippen LogP contribution in [0, 0.1) is 0 Å². The fraction of sp³-hybridized carbons (Fsp3) is 0.500. The molecule has 34 heavy (non-hydrogen) atoms. The Morgan fingerprint density at radius 1 is 1.09 bits per heavy atom. The van der Waals surface area contributed by atoms with Crippen molar-refractivity contribution in [3.8, 4) is 17.2 Å². The van der Waals surface area contributed by atoms with Crippen molar-refractivity contribution in [2.75, 3.05) is 52.3 Å². The zero-order chi connectivity index (χ0) is 24.2. The van der Waals surface area contributed by atoms with Gasteiger partial charge in [-0.15, -0.1) is 11.8 Å². The molecule has 7 nitrogen and oxygen atoms in total. The van der Waals surface area contributed by atoms with Crippen molar-refractivity contribution < 1.29 is 28.8 Å². The highest BCUT2D eigenvalue weighted by atomic mass is 32.2. The van der Waals surface area contributed by atoms with Gasteiger partial charge >= 0.3 is 5.97 Å². The Morgan fingerprint density at radius 2 is 1.85 bits per heavy atom. The van der Waals surface area contributed by atoms with Crippen LogP contribution in [-0.2, 0) is 16.0 Å². The Balaban J connectivity index is 1.41. The molecule has 1 atom stereocenters. The first-order valence-electron chi connectivity index (χ1n) is 11.8. The lowest BCUT2D eigenvalue weighted by Gasteiger charge is -2.25. The number of methoxy groups -OCH3 is 1. The summed E-state index contributed by atoms with van der Waals surface area (Å²) in [5.41, 5.74) is 1.34. The first kappa shape index (κ1) is 26.2. The van der Waals surface area contributed by atoms with Crippen LogP contribution < -0.4 is 14.2 Å². The number of carbonyl (C=O) groups is 1. The number of rotatable bonds is 14. The Bertz CT molecular complexity index is 891. The number of ether oxygens (including phenoxy) is 4. The van der Waals surface area contributed by atoms with Crippen LogP contribution >= 0.6 is 11.8 Å². The molecule has 0 aromatic heterocycles. The average molecular weight is 490 g/mol. The molecule has 1 unspecified atom stereocenters. The van der Waals surface area contributed by atoms with Gasteiger partial charge in [0.15, 0.2) is 6.61 Å². The van der Waals surface area contributed by atoms with Crippen molar-refractivity contribution in [2.45, 2.75) is 37.2 Å². The van der Waals surface area contributed by atoms with Gasteiger partial charge in [-0.25, -0.2) is 4.79 Å². The molecule has 0 spiro atoms. The van der Waals surface area contributed by atoms with Crippen molar-refractivity contribution >= 4 is 17.7 Å². The molecule has 0 fully saturated rings. The van der Waals surface area contributed by atoms with E-state index in [0.717, 1.165) is 36.6 Å². The van der Waals surface area contributed by atoms with Crippen LogP contribution in [0.5, 0.6) is 17.2 Å². The van der Waals surface area contributed by atoms with Gasteiger partial charge in [0.05, 0.1) is 12.0 Å². The molecule has 1 aliphatic heterocycles. The normalized spacial score (nSPS) is 13.8. The topological polar surface area (TPSA) is 77.5 Å². The van der Waals surface area contributed by atoms with E-state index in [1.54, 1.807) is 24.3 Å². The van der Waals surface area contributed by atoms with Crippen LogP contribution in [-0.4, -0.2) is 74.4 Å². The molecule has 1 aliphatic rings. The minimum atomic E-state index is -0.581. The SMILES string of the molecule is CCCN(CCOc1ccc(OCC(=O)OC)cc1)CC(O)COc1cccc2c1SCCC2. The Labute approximate surface area is 206 Å². The summed E-state index contributed by atoms with van der Waals surface area (Å²) in [6.45, 7) is 4.86. The van der Waals surface area contributed by atoms with E-state index in [1.165, 1.54) is 24.0 Å². The molecule has 2 aromatic rings. The number of aryl methyl sites for hydroxylation is 1. The zero-order valence-electron chi connectivity index (χ0n) is 20.0. The highest BCUT2D eigenvalue weighted by Gasteiger charge is 2.17. The number of aliphatic hydroxyl groups is 1. The van der Waals surface area contributed by atoms with Crippen molar-refractivity contribution in [2.24, 2.45) is 0 Å². The summed E-state index contributed by atoms with van der Waals surface area (Å²) >= 11 is 1.84. The number of aliphatic hydroxyl groups excluding tert-OH is 1. The zero-order valence-corrected chi connectivity index (χ0v) is 20.9. The molecule has 186 valence electrons. The monoisotopic (exact) mass is 489 g/mol. The maximum absolute atomic E-state index is 11.2. The van der Waals surface area contributed by atoms with Gasteiger partial charge in [0.1, 0.15) is 36.6 Å². The number of esters is 1. The van der Waals surface area contributed by atoms with E-state index < -0.39 is 12.1 Å². The summed E-state index contributed by atoms with van der Waals surface area (Å²) in [5, 5.41) is 10.6. The Kier molecular flexibility index (Phi) is 10.9. The van der Waals surface area contributed by atoms with Crippen LogP contribution in [0.15, 0.2) is 47.4 Å². The average Bonchev–Trinajstić information content (AvgIpc) is 2.86. The van der Waals surface area contributed by atoms with Crippen LogP contribution in [0.2, 0.25) is 0 Å². The van der Waals surface area contributed by atoms with Crippen molar-refractivity contribution in [1.82, 2.24) is 4.90 Å². The molecule has 0 radical (unpaired) electrons. The third kappa shape index (κ3) is 8.42. The van der Waals surface area contributed by atoms with Crippen LogP contribution in [0.25, 0.3) is 0 Å². The van der Waals surface area contributed by atoms with Gasteiger partial charge in [0.25, 0.3) is 0 Å². The lowest BCUT2D eigenvalue weighted by atomic mass is 10.1. The number of thioether (sulfide) groups is 1. The fourth-order valence-electron chi connectivity index (χ4n) is 3.75. The van der Waals surface area contributed by atoms with Crippen LogP contribution in [0.4, 0.5) is 0 Å². The molecule has 0 saturated heterocycles.